The number of phosphoric ester groups is 2. The van der Waals surface area contributed by atoms with Crippen LogP contribution in [0.4, 0.5) is 0 Å². The van der Waals surface area contributed by atoms with E-state index in [-0.39, 0.29) is 19.3 Å². The van der Waals surface area contributed by atoms with Crippen molar-refractivity contribution in [2.45, 2.75) is 232 Å². The van der Waals surface area contributed by atoms with Crippen LogP contribution >= 0.6 is 15.6 Å². The van der Waals surface area contributed by atoms with Crippen molar-refractivity contribution in [3.8, 4) is 0 Å². The first-order chi connectivity index (χ1) is 42.2. The zero-order valence-corrected chi connectivity index (χ0v) is 54.9. The first-order valence-electron chi connectivity index (χ1n) is 32.1. The van der Waals surface area contributed by atoms with Crippen LogP contribution in [0.15, 0.2) is 146 Å². The summed E-state index contributed by atoms with van der Waals surface area (Å²) in [6.45, 7) is 2.23. The highest BCUT2D eigenvalue weighted by Gasteiger charge is 2.29. The quantitative estimate of drug-likeness (QED) is 0.0146. The van der Waals surface area contributed by atoms with Gasteiger partial charge in [0, 0.05) is 19.3 Å². The molecule has 0 amide bonds. The first-order valence-corrected chi connectivity index (χ1v) is 35.1. The van der Waals surface area contributed by atoms with E-state index in [1.165, 1.54) is 0 Å². The van der Waals surface area contributed by atoms with Crippen molar-refractivity contribution in [3.05, 3.63) is 146 Å². The molecule has 494 valence electrons. The van der Waals surface area contributed by atoms with Crippen LogP contribution in [-0.2, 0) is 55.8 Å². The maximum atomic E-state index is 12.9. The van der Waals surface area contributed by atoms with Gasteiger partial charge >= 0.3 is 33.6 Å². The average molecular weight is 1260 g/mol. The molecule has 0 aliphatic carbocycles. The Morgan fingerprint density at radius 2 is 0.609 bits per heavy atom. The maximum Gasteiger partial charge on any atom is 0.472 e. The van der Waals surface area contributed by atoms with Crippen molar-refractivity contribution in [2.75, 3.05) is 39.6 Å². The number of carbonyl (C=O) groups is 3. The summed E-state index contributed by atoms with van der Waals surface area (Å²) in [4.78, 5) is 58.2. The number of esters is 3. The van der Waals surface area contributed by atoms with Gasteiger partial charge < -0.3 is 34.2 Å². The summed E-state index contributed by atoms with van der Waals surface area (Å²) in [5.41, 5.74) is 0. The van der Waals surface area contributed by atoms with Gasteiger partial charge in [-0.25, -0.2) is 9.13 Å². The van der Waals surface area contributed by atoms with Crippen LogP contribution in [0, 0.1) is 0 Å². The monoisotopic (exact) mass is 1260 g/mol. The molecule has 5 atom stereocenters. The normalized spacial score (nSPS) is 15.3. The average Bonchev–Trinajstić information content (AvgIpc) is 3.63. The van der Waals surface area contributed by atoms with Crippen molar-refractivity contribution in [2.24, 2.45) is 0 Å². The summed E-state index contributed by atoms with van der Waals surface area (Å²) in [6, 6.07) is 0. The molecule has 0 bridgehead atoms. The Bertz CT molecular complexity index is 2170. The standard InChI is InChI=1S/C69H112O16P2/c1-4-7-10-13-16-19-22-25-27-29-31-33-35-38-40-43-46-49-52-55-67(72)79-58-64(70)59-81-86(75,76)82-60-65(71)61-83-87(77,78)84-63-66(85-69(74)57-54-51-48-45-42-37-24-21-18-15-12-9-6-3)62-80-68(73)56-53-50-47-44-41-39-36-34-32-30-28-26-23-20-17-14-11-8-5-2/h7-8,10-12,15-17,19-21,24-28,31-34,38-41,64-66,70-71H,4-6,9,13-14,18,22-23,29-30,35-37,42-63H2,1-3H3,(H,75,76)(H,77,78)/b10-7-,11-8-,15-12-,19-16-,20-17-,24-21-,27-25-,28-26-,33-31-,34-32-,40-38-,41-39-. The Hall–Kier alpha value is -4.57. The molecule has 0 spiro atoms. The van der Waals surface area contributed by atoms with E-state index in [2.05, 4.69) is 167 Å². The van der Waals surface area contributed by atoms with E-state index in [0.29, 0.717) is 19.3 Å². The molecular formula is C69H112O16P2. The minimum Gasteiger partial charge on any atom is -0.463 e. The molecule has 0 radical (unpaired) electrons. The molecule has 16 nitrogen and oxygen atoms in total. The molecule has 0 saturated heterocycles. The smallest absolute Gasteiger partial charge is 0.463 e. The third-order valence-electron chi connectivity index (χ3n) is 12.5. The molecule has 0 heterocycles. The molecule has 5 unspecified atom stereocenters. The fourth-order valence-electron chi connectivity index (χ4n) is 7.66. The van der Waals surface area contributed by atoms with E-state index in [9.17, 15) is 43.5 Å². The molecule has 87 heavy (non-hydrogen) atoms. The Labute approximate surface area is 524 Å². The second-order valence-electron chi connectivity index (χ2n) is 20.8. The number of unbranched alkanes of at least 4 members (excludes halogenated alkanes) is 12. The van der Waals surface area contributed by atoms with Crippen molar-refractivity contribution < 1.29 is 75.8 Å². The number of carbonyl (C=O) groups excluding carboxylic acids is 3. The second-order valence-corrected chi connectivity index (χ2v) is 23.7. The number of ether oxygens (including phenoxy) is 3. The van der Waals surface area contributed by atoms with Gasteiger partial charge in [-0.2, -0.15) is 0 Å². The van der Waals surface area contributed by atoms with Crippen molar-refractivity contribution >= 4 is 33.6 Å². The van der Waals surface area contributed by atoms with Crippen LogP contribution in [-0.4, -0.2) is 95.9 Å². The van der Waals surface area contributed by atoms with Gasteiger partial charge in [0.1, 0.15) is 25.4 Å². The molecular weight excluding hydrogens is 1150 g/mol. The summed E-state index contributed by atoms with van der Waals surface area (Å²) in [6.07, 6.45) is 71.9. The number of rotatable bonds is 59. The van der Waals surface area contributed by atoms with Gasteiger partial charge in [0.25, 0.3) is 0 Å². The maximum absolute atomic E-state index is 12.9. The van der Waals surface area contributed by atoms with Gasteiger partial charge in [0.15, 0.2) is 6.10 Å². The summed E-state index contributed by atoms with van der Waals surface area (Å²) in [5.74, 6) is -1.67. The Morgan fingerprint density at radius 3 is 0.977 bits per heavy atom. The predicted molar refractivity (Wildman–Crippen MR) is 352 cm³/mol. The van der Waals surface area contributed by atoms with Gasteiger partial charge in [-0.05, 0) is 135 Å². The molecule has 0 aromatic carbocycles. The Kier molecular flexibility index (Phi) is 58.4. The summed E-state index contributed by atoms with van der Waals surface area (Å²) in [5, 5.41) is 20.5. The zero-order valence-electron chi connectivity index (χ0n) is 53.1. The highest BCUT2D eigenvalue weighted by molar-refractivity contribution is 7.47. The van der Waals surface area contributed by atoms with E-state index in [1.807, 2.05) is 0 Å². The first kappa shape index (κ1) is 82.4. The molecule has 0 rings (SSSR count). The molecule has 0 aliphatic heterocycles. The molecule has 4 N–H and O–H groups in total. The fraction of sp³-hybridized carbons (Fsp3) is 0.609. The Morgan fingerprint density at radius 1 is 0.333 bits per heavy atom. The van der Waals surface area contributed by atoms with Crippen molar-refractivity contribution in [1.29, 1.82) is 0 Å². The number of hydrogen-bond donors (Lipinski definition) is 4. The summed E-state index contributed by atoms with van der Waals surface area (Å²) >= 11 is 0. The Balaban J connectivity index is 4.76. The zero-order chi connectivity index (χ0) is 63.8. The lowest BCUT2D eigenvalue weighted by atomic mass is 10.1. The highest BCUT2D eigenvalue weighted by atomic mass is 31.2. The predicted octanol–water partition coefficient (Wildman–Crippen LogP) is 17.4. The summed E-state index contributed by atoms with van der Waals surface area (Å²) < 4.78 is 60.7. The van der Waals surface area contributed by atoms with Gasteiger partial charge in [0.2, 0.25) is 0 Å². The number of aliphatic hydroxyl groups excluding tert-OH is 2. The SMILES string of the molecule is CC/C=C\C/C=C\C/C=C\C/C=C\C/C=C\CCCCCC(=O)OCC(O)COP(=O)(O)OCC(O)COP(=O)(O)OCC(COC(=O)CCCCC/C=C\C/C=C\C/C=C\C/C=C\C/C=C\CC)OC(=O)CCCCCCC/C=C\C/C=C\CCC. The van der Waals surface area contributed by atoms with Crippen LogP contribution in [0.25, 0.3) is 0 Å². The van der Waals surface area contributed by atoms with Crippen LogP contribution in [0.5, 0.6) is 0 Å². The van der Waals surface area contributed by atoms with Crippen LogP contribution < -0.4 is 0 Å². The topological polar surface area (TPSA) is 231 Å². The van der Waals surface area contributed by atoms with Crippen LogP contribution in [0.2, 0.25) is 0 Å². The third kappa shape index (κ3) is 62.8. The fourth-order valence-corrected chi connectivity index (χ4v) is 9.24. The lowest BCUT2D eigenvalue weighted by Gasteiger charge is -2.21. The van der Waals surface area contributed by atoms with Crippen LogP contribution in [0.1, 0.15) is 213 Å². The van der Waals surface area contributed by atoms with Gasteiger partial charge in [-0.15, -0.1) is 0 Å². The second kappa shape index (κ2) is 61.7. The van der Waals surface area contributed by atoms with E-state index in [1.54, 1.807) is 0 Å². The van der Waals surface area contributed by atoms with Gasteiger partial charge in [-0.1, -0.05) is 205 Å². The van der Waals surface area contributed by atoms with E-state index in [4.69, 9.17) is 32.3 Å². The van der Waals surface area contributed by atoms with E-state index >= 15 is 0 Å². The minimum absolute atomic E-state index is 0.0744. The lowest BCUT2D eigenvalue weighted by molar-refractivity contribution is -0.161. The molecule has 0 aromatic heterocycles. The third-order valence-corrected chi connectivity index (χ3v) is 14.4. The minimum atomic E-state index is -4.94. The summed E-state index contributed by atoms with van der Waals surface area (Å²) in [7, 11) is -9.80. The number of allylic oxidation sites excluding steroid dienone is 24. The molecule has 18 heteroatoms. The van der Waals surface area contributed by atoms with Crippen LogP contribution in [0.3, 0.4) is 0 Å². The van der Waals surface area contributed by atoms with E-state index < -0.39 is 91.5 Å². The largest absolute Gasteiger partial charge is 0.472 e. The number of phosphoric acid groups is 2. The molecule has 0 aromatic rings. The van der Waals surface area contributed by atoms with Gasteiger partial charge in [0.05, 0.1) is 26.4 Å². The van der Waals surface area contributed by atoms with Crippen molar-refractivity contribution in [1.82, 2.24) is 0 Å². The number of hydrogen-bond acceptors (Lipinski definition) is 14. The van der Waals surface area contributed by atoms with Crippen molar-refractivity contribution in [3.63, 3.8) is 0 Å². The number of aliphatic hydroxyl groups is 2. The lowest BCUT2D eigenvalue weighted by Crippen LogP contribution is -2.30. The van der Waals surface area contributed by atoms with E-state index in [0.717, 1.165) is 154 Å². The molecule has 0 saturated carbocycles. The van der Waals surface area contributed by atoms with Gasteiger partial charge in [-0.3, -0.25) is 32.5 Å². The molecule has 0 aliphatic rings. The molecule has 0 fully saturated rings. The highest BCUT2D eigenvalue weighted by Crippen LogP contribution is 2.45.